The maximum absolute atomic E-state index is 12.6. The van der Waals surface area contributed by atoms with Gasteiger partial charge in [0.05, 0.1) is 29.2 Å². The molecule has 1 aromatic rings. The van der Waals surface area contributed by atoms with Crippen LogP contribution < -0.4 is 10.8 Å². The average Bonchev–Trinajstić information content (AvgIpc) is 2.91. The second-order valence-electron chi connectivity index (χ2n) is 8.48. The van der Waals surface area contributed by atoms with Crippen molar-refractivity contribution < 1.29 is 28.6 Å². The molecule has 0 saturated carbocycles. The molecule has 0 aromatic heterocycles. The lowest BCUT2D eigenvalue weighted by Gasteiger charge is -2.32. The maximum Gasteiger partial charge on any atom is 0.495 e. The van der Waals surface area contributed by atoms with Crippen molar-refractivity contribution in [1.29, 1.82) is 0 Å². The highest BCUT2D eigenvalue weighted by Crippen LogP contribution is 2.36. The Morgan fingerprint density at radius 2 is 1.80 bits per heavy atom. The first-order valence-electron chi connectivity index (χ1n) is 9.89. The predicted octanol–water partition coefficient (Wildman–Crippen LogP) is 2.21. The highest BCUT2D eigenvalue weighted by atomic mass is 16.7. The van der Waals surface area contributed by atoms with E-state index in [9.17, 15) is 19.7 Å². The zero-order valence-electron chi connectivity index (χ0n) is 18.3. The summed E-state index contributed by atoms with van der Waals surface area (Å²) in [6.45, 7) is 9.61. The van der Waals surface area contributed by atoms with E-state index in [0.717, 1.165) is 0 Å². The fourth-order valence-electron chi connectivity index (χ4n) is 3.02. The minimum Gasteiger partial charge on any atom is -0.469 e. The minimum absolute atomic E-state index is 0.148. The molecular formula is C20H29BN2O7. The molecule has 1 aliphatic heterocycles. The van der Waals surface area contributed by atoms with E-state index in [4.69, 9.17) is 9.31 Å². The standard InChI is InChI=1S/C20H29BN2O7/c1-13(18(25)28-6)8-7-9-22-17(24)14-10-15(12-16(11-14)23(26)27)21-29-19(2,3)20(4,5)30-21/h10-13H,7-9H2,1-6H3,(H,22,24). The fourth-order valence-corrected chi connectivity index (χ4v) is 3.02. The van der Waals surface area contributed by atoms with Crippen LogP contribution in [0.5, 0.6) is 0 Å². The van der Waals surface area contributed by atoms with E-state index in [1.165, 1.54) is 19.2 Å². The first kappa shape index (κ1) is 23.8. The lowest BCUT2D eigenvalue weighted by Crippen LogP contribution is -2.41. The van der Waals surface area contributed by atoms with Crippen LogP contribution in [0.15, 0.2) is 18.2 Å². The van der Waals surface area contributed by atoms with Crippen molar-refractivity contribution in [2.24, 2.45) is 5.92 Å². The first-order valence-corrected chi connectivity index (χ1v) is 9.89. The molecule has 1 aliphatic rings. The number of hydrogen-bond acceptors (Lipinski definition) is 7. The summed E-state index contributed by atoms with van der Waals surface area (Å²) >= 11 is 0. The third-order valence-electron chi connectivity index (χ3n) is 5.64. The van der Waals surface area contributed by atoms with Gasteiger partial charge in [-0.25, -0.2) is 0 Å². The van der Waals surface area contributed by atoms with Gasteiger partial charge in [0.15, 0.2) is 0 Å². The van der Waals surface area contributed by atoms with Gasteiger partial charge in [0.2, 0.25) is 0 Å². The molecule has 1 heterocycles. The molecule has 0 bridgehead atoms. The summed E-state index contributed by atoms with van der Waals surface area (Å²) in [6.07, 6.45) is 1.13. The largest absolute Gasteiger partial charge is 0.495 e. The average molecular weight is 420 g/mol. The molecule has 2 rings (SSSR count). The molecule has 0 radical (unpaired) electrons. The topological polar surface area (TPSA) is 117 Å². The number of nitrogens with one attached hydrogen (secondary N) is 1. The van der Waals surface area contributed by atoms with Gasteiger partial charge in [0.25, 0.3) is 11.6 Å². The lowest BCUT2D eigenvalue weighted by molar-refractivity contribution is -0.384. The number of nitrogens with zero attached hydrogens (tertiary/aromatic N) is 1. The molecule has 9 nitrogen and oxygen atoms in total. The number of non-ortho nitro benzene ring substituents is 1. The van der Waals surface area contributed by atoms with Gasteiger partial charge in [-0.2, -0.15) is 0 Å². The Hall–Kier alpha value is -2.46. The van der Waals surface area contributed by atoms with Crippen molar-refractivity contribution in [2.75, 3.05) is 13.7 Å². The van der Waals surface area contributed by atoms with Crippen molar-refractivity contribution in [2.45, 2.75) is 58.7 Å². The Morgan fingerprint density at radius 1 is 1.20 bits per heavy atom. The number of rotatable bonds is 8. The SMILES string of the molecule is COC(=O)C(C)CCCNC(=O)c1cc(B2OC(C)(C)C(C)(C)O2)cc([N+](=O)[O-])c1. The summed E-state index contributed by atoms with van der Waals surface area (Å²) in [5.41, 5.74) is -0.879. The normalized spacial score (nSPS) is 18.0. The first-order chi connectivity index (χ1) is 13.9. The number of carbonyl (C=O) groups excluding carboxylic acids is 2. The summed E-state index contributed by atoms with van der Waals surface area (Å²) < 4.78 is 16.6. The van der Waals surface area contributed by atoms with Crippen LogP contribution in [0.3, 0.4) is 0 Å². The van der Waals surface area contributed by atoms with E-state index in [1.807, 2.05) is 27.7 Å². The van der Waals surface area contributed by atoms with Gasteiger partial charge in [0, 0.05) is 24.2 Å². The van der Waals surface area contributed by atoms with Crippen LogP contribution in [0.25, 0.3) is 0 Å². The van der Waals surface area contributed by atoms with Gasteiger partial charge in [-0.15, -0.1) is 0 Å². The van der Waals surface area contributed by atoms with Crippen LogP contribution in [-0.4, -0.2) is 48.8 Å². The van der Waals surface area contributed by atoms with Gasteiger partial charge in [-0.3, -0.25) is 19.7 Å². The predicted molar refractivity (Wildman–Crippen MR) is 112 cm³/mol. The zero-order chi connectivity index (χ0) is 22.7. The van der Waals surface area contributed by atoms with Gasteiger partial charge >= 0.3 is 13.1 Å². The second kappa shape index (κ2) is 9.14. The number of nitro benzene ring substituents is 1. The van der Waals surface area contributed by atoms with E-state index < -0.39 is 29.2 Å². The monoisotopic (exact) mass is 420 g/mol. The molecule has 164 valence electrons. The number of amides is 1. The number of methoxy groups -OCH3 is 1. The summed E-state index contributed by atoms with van der Waals surface area (Å²) in [5.74, 6) is -1.01. The van der Waals surface area contributed by atoms with Crippen LogP contribution in [0.4, 0.5) is 5.69 Å². The van der Waals surface area contributed by atoms with Crippen molar-refractivity contribution in [3.8, 4) is 0 Å². The highest BCUT2D eigenvalue weighted by molar-refractivity contribution is 6.62. The Morgan fingerprint density at radius 3 is 2.33 bits per heavy atom. The highest BCUT2D eigenvalue weighted by Gasteiger charge is 2.52. The van der Waals surface area contributed by atoms with Gasteiger partial charge in [-0.05, 0) is 52.1 Å². The number of nitro groups is 1. The van der Waals surface area contributed by atoms with Crippen molar-refractivity contribution in [3.63, 3.8) is 0 Å². The number of ether oxygens (including phenoxy) is 1. The lowest BCUT2D eigenvalue weighted by atomic mass is 9.78. The van der Waals surface area contributed by atoms with E-state index in [2.05, 4.69) is 10.1 Å². The fraction of sp³-hybridized carbons (Fsp3) is 0.600. The molecule has 1 amide bonds. The minimum atomic E-state index is -0.817. The molecule has 1 N–H and O–H groups in total. The van der Waals surface area contributed by atoms with Crippen LogP contribution in [0, 0.1) is 16.0 Å². The van der Waals surface area contributed by atoms with Crippen molar-refractivity contribution >= 4 is 30.1 Å². The second-order valence-corrected chi connectivity index (χ2v) is 8.48. The van der Waals surface area contributed by atoms with E-state index in [0.29, 0.717) is 24.8 Å². The third kappa shape index (κ3) is 5.37. The smallest absolute Gasteiger partial charge is 0.469 e. The van der Waals surface area contributed by atoms with Gasteiger partial charge < -0.3 is 19.4 Å². The van der Waals surface area contributed by atoms with Gasteiger partial charge in [-0.1, -0.05) is 6.92 Å². The molecule has 1 saturated heterocycles. The van der Waals surface area contributed by atoms with Crippen molar-refractivity contribution in [1.82, 2.24) is 5.32 Å². The van der Waals surface area contributed by atoms with Crippen molar-refractivity contribution in [3.05, 3.63) is 33.9 Å². The van der Waals surface area contributed by atoms with Crippen LogP contribution in [-0.2, 0) is 18.8 Å². The molecule has 1 unspecified atom stereocenters. The van der Waals surface area contributed by atoms with E-state index >= 15 is 0 Å². The zero-order valence-corrected chi connectivity index (χ0v) is 18.3. The number of hydrogen-bond donors (Lipinski definition) is 1. The Kier molecular flexibility index (Phi) is 7.25. The molecule has 10 heteroatoms. The number of esters is 1. The molecule has 0 aliphatic carbocycles. The quantitative estimate of drug-likeness (QED) is 0.225. The van der Waals surface area contributed by atoms with Gasteiger partial charge in [0.1, 0.15) is 0 Å². The van der Waals surface area contributed by atoms with Crippen LogP contribution in [0.2, 0.25) is 0 Å². The van der Waals surface area contributed by atoms with E-state index in [-0.39, 0.29) is 23.1 Å². The molecule has 1 aromatic carbocycles. The molecule has 30 heavy (non-hydrogen) atoms. The summed E-state index contributed by atoms with van der Waals surface area (Å²) in [6, 6.07) is 4.12. The maximum atomic E-state index is 12.6. The molecule has 0 spiro atoms. The Balaban J connectivity index is 2.12. The molecular weight excluding hydrogens is 391 g/mol. The van der Waals surface area contributed by atoms with E-state index in [1.54, 1.807) is 13.0 Å². The van der Waals surface area contributed by atoms with Crippen LogP contribution in [0.1, 0.15) is 57.8 Å². The molecule has 1 fully saturated rings. The molecule has 1 atom stereocenters. The number of benzene rings is 1. The Labute approximate surface area is 176 Å². The van der Waals surface area contributed by atoms with Crippen LogP contribution >= 0.6 is 0 Å². The summed E-state index contributed by atoms with van der Waals surface area (Å²) in [5, 5.41) is 14.1. The third-order valence-corrected chi connectivity index (χ3v) is 5.64. The Bertz CT molecular complexity index is 809. The number of carbonyl (C=O) groups is 2. The summed E-state index contributed by atoms with van der Waals surface area (Å²) in [7, 11) is 0.517. The summed E-state index contributed by atoms with van der Waals surface area (Å²) in [4.78, 5) is 34.8.